The number of hydrogen-bond acceptors (Lipinski definition) is 2. The lowest BCUT2D eigenvalue weighted by Gasteiger charge is -2.31. The zero-order valence-electron chi connectivity index (χ0n) is 14.0. The molecule has 0 heterocycles. The maximum absolute atomic E-state index is 13.7. The van der Waals surface area contributed by atoms with Gasteiger partial charge in [0.05, 0.1) is 12.0 Å². The quantitative estimate of drug-likeness (QED) is 0.463. The third kappa shape index (κ3) is 4.20. The van der Waals surface area contributed by atoms with Crippen molar-refractivity contribution in [3.8, 4) is 5.75 Å². The van der Waals surface area contributed by atoms with Crippen LogP contribution in [0.15, 0.2) is 30.3 Å². The molecule has 2 nitrogen and oxygen atoms in total. The molecule has 0 unspecified atom stereocenters. The number of alkyl halides is 6. The zero-order chi connectivity index (χ0) is 19.8. The molecule has 1 fully saturated rings. The van der Waals surface area contributed by atoms with E-state index in [1.165, 1.54) is 24.3 Å². The highest BCUT2D eigenvalue weighted by Gasteiger charge is 2.42. The van der Waals surface area contributed by atoms with Crippen LogP contribution < -0.4 is 4.74 Å². The van der Waals surface area contributed by atoms with Gasteiger partial charge < -0.3 is 4.74 Å². The van der Waals surface area contributed by atoms with Crippen molar-refractivity contribution >= 4 is 17.1 Å². The summed E-state index contributed by atoms with van der Waals surface area (Å²) in [6.45, 7) is 0. The summed E-state index contributed by atoms with van der Waals surface area (Å²) >= 11 is 0. The number of halogens is 6. The van der Waals surface area contributed by atoms with Crippen LogP contribution in [0.4, 0.5) is 26.3 Å². The van der Waals surface area contributed by atoms with Crippen LogP contribution in [-0.4, -0.2) is 18.6 Å². The molecule has 0 aromatic heterocycles. The topological polar surface area (TPSA) is 26.3 Å². The van der Waals surface area contributed by atoms with E-state index in [-0.39, 0.29) is 36.6 Å². The van der Waals surface area contributed by atoms with E-state index < -0.39 is 35.7 Å². The molecular weight excluding hydrogens is 374 g/mol. The lowest BCUT2D eigenvalue weighted by Crippen LogP contribution is -2.32. The number of carbonyl (C=O) groups excluding carboxylic acids is 1. The molecule has 27 heavy (non-hydrogen) atoms. The van der Waals surface area contributed by atoms with Crippen molar-refractivity contribution in [1.29, 1.82) is 0 Å². The van der Waals surface area contributed by atoms with Gasteiger partial charge in [-0.1, -0.05) is 18.2 Å². The first-order valence-electron chi connectivity index (χ1n) is 8.42. The van der Waals surface area contributed by atoms with Crippen LogP contribution in [0.1, 0.15) is 41.6 Å². The van der Waals surface area contributed by atoms with E-state index in [0.29, 0.717) is 11.7 Å². The van der Waals surface area contributed by atoms with E-state index in [0.717, 1.165) is 6.07 Å². The standard InChI is InChI=1S/C19H16F6O2/c20-18(21,22)13-4-6-14(7-5-13)27-16-8-3-12-2-1-11(10-26)9-15(12)17(16)19(23,24)25/h1-3,8-10,13-14H,4-7H2/t13-,14-. The number of ether oxygens (including phenoxy) is 1. The van der Waals surface area contributed by atoms with Crippen LogP contribution in [-0.2, 0) is 6.18 Å². The first-order valence-corrected chi connectivity index (χ1v) is 8.42. The Hall–Kier alpha value is -2.25. The molecule has 2 aromatic rings. The zero-order valence-corrected chi connectivity index (χ0v) is 14.0. The molecule has 0 N–H and O–H groups in total. The van der Waals surface area contributed by atoms with Crippen LogP contribution >= 0.6 is 0 Å². The molecule has 8 heteroatoms. The third-order valence-electron chi connectivity index (χ3n) is 4.86. The third-order valence-corrected chi connectivity index (χ3v) is 4.86. The van der Waals surface area contributed by atoms with Gasteiger partial charge in [-0.25, -0.2) is 0 Å². The number of benzene rings is 2. The summed E-state index contributed by atoms with van der Waals surface area (Å²) < 4.78 is 84.7. The summed E-state index contributed by atoms with van der Waals surface area (Å²) in [4.78, 5) is 10.9. The van der Waals surface area contributed by atoms with Crippen LogP contribution in [0, 0.1) is 5.92 Å². The highest BCUT2D eigenvalue weighted by atomic mass is 19.4. The Balaban J connectivity index is 1.92. The molecule has 0 saturated heterocycles. The van der Waals surface area contributed by atoms with E-state index >= 15 is 0 Å². The van der Waals surface area contributed by atoms with E-state index in [1.807, 2.05) is 0 Å². The highest BCUT2D eigenvalue weighted by molar-refractivity contribution is 5.92. The Morgan fingerprint density at radius 2 is 1.56 bits per heavy atom. The van der Waals surface area contributed by atoms with E-state index in [4.69, 9.17) is 4.74 Å². The number of carbonyl (C=O) groups is 1. The molecule has 0 amide bonds. The fraction of sp³-hybridized carbons (Fsp3) is 0.421. The number of rotatable bonds is 3. The Morgan fingerprint density at radius 3 is 2.11 bits per heavy atom. The lowest BCUT2D eigenvalue weighted by molar-refractivity contribution is -0.185. The van der Waals surface area contributed by atoms with Gasteiger partial charge in [0.15, 0.2) is 0 Å². The van der Waals surface area contributed by atoms with Crippen molar-refractivity contribution in [3.63, 3.8) is 0 Å². The maximum atomic E-state index is 13.7. The van der Waals surface area contributed by atoms with Gasteiger partial charge in [-0.15, -0.1) is 0 Å². The normalized spacial score (nSPS) is 21.3. The minimum atomic E-state index is -4.74. The summed E-state index contributed by atoms with van der Waals surface area (Å²) in [5, 5.41) is 0.120. The molecule has 0 aliphatic heterocycles. The molecule has 2 aromatic carbocycles. The Morgan fingerprint density at radius 1 is 0.926 bits per heavy atom. The monoisotopic (exact) mass is 390 g/mol. The van der Waals surface area contributed by atoms with E-state index in [9.17, 15) is 31.1 Å². The molecule has 1 aliphatic rings. The maximum Gasteiger partial charge on any atom is 0.420 e. The van der Waals surface area contributed by atoms with Gasteiger partial charge in [0, 0.05) is 5.56 Å². The second-order valence-corrected chi connectivity index (χ2v) is 6.67. The lowest BCUT2D eigenvalue weighted by atomic mass is 9.87. The molecule has 0 radical (unpaired) electrons. The first kappa shape index (κ1) is 19.5. The minimum absolute atomic E-state index is 0.0356. The summed E-state index contributed by atoms with van der Waals surface area (Å²) in [6, 6.07) is 6.58. The smallest absolute Gasteiger partial charge is 0.420 e. The van der Waals surface area contributed by atoms with Gasteiger partial charge in [0.2, 0.25) is 0 Å². The van der Waals surface area contributed by atoms with Crippen molar-refractivity contribution in [2.24, 2.45) is 5.92 Å². The molecule has 0 spiro atoms. The predicted molar refractivity (Wildman–Crippen MR) is 86.8 cm³/mol. The van der Waals surface area contributed by atoms with E-state index in [1.54, 1.807) is 0 Å². The minimum Gasteiger partial charge on any atom is -0.490 e. The predicted octanol–water partition coefficient (Wildman–Crippen LogP) is 6.17. The van der Waals surface area contributed by atoms with Crippen LogP contribution in [0.3, 0.4) is 0 Å². The van der Waals surface area contributed by atoms with Gasteiger partial charge in [0.1, 0.15) is 17.6 Å². The number of fused-ring (bicyclic) bond motifs is 1. The SMILES string of the molecule is O=Cc1ccc2ccc(O[C@H]3CC[C@H](C(F)(F)F)CC3)c(C(F)(F)F)c2c1. The largest absolute Gasteiger partial charge is 0.490 e. The second kappa shape index (κ2) is 7.05. The first-order chi connectivity index (χ1) is 12.6. The summed E-state index contributed by atoms with van der Waals surface area (Å²) in [7, 11) is 0. The van der Waals surface area contributed by atoms with Crippen LogP contribution in [0.2, 0.25) is 0 Å². The van der Waals surface area contributed by atoms with Gasteiger partial charge >= 0.3 is 12.4 Å². The molecule has 146 valence electrons. The molecule has 3 rings (SSSR count). The summed E-state index contributed by atoms with van der Waals surface area (Å²) in [6.07, 6.45) is -9.56. The van der Waals surface area contributed by atoms with Crippen molar-refractivity contribution < 1.29 is 35.9 Å². The average molecular weight is 390 g/mol. The Kier molecular flexibility index (Phi) is 5.10. The summed E-state index contributed by atoms with van der Waals surface area (Å²) in [5.41, 5.74) is -0.919. The fourth-order valence-electron chi connectivity index (χ4n) is 3.47. The number of aldehydes is 1. The Bertz CT molecular complexity index is 832. The van der Waals surface area contributed by atoms with Crippen molar-refractivity contribution in [1.82, 2.24) is 0 Å². The molecule has 1 saturated carbocycles. The number of hydrogen-bond donors (Lipinski definition) is 0. The summed E-state index contributed by atoms with van der Waals surface area (Å²) in [5.74, 6) is -1.86. The second-order valence-electron chi connectivity index (χ2n) is 6.67. The average Bonchev–Trinajstić information content (AvgIpc) is 2.59. The van der Waals surface area contributed by atoms with Gasteiger partial charge in [-0.3, -0.25) is 4.79 Å². The van der Waals surface area contributed by atoms with Crippen molar-refractivity contribution in [3.05, 3.63) is 41.5 Å². The van der Waals surface area contributed by atoms with Crippen LogP contribution in [0.5, 0.6) is 5.75 Å². The van der Waals surface area contributed by atoms with E-state index in [2.05, 4.69) is 0 Å². The van der Waals surface area contributed by atoms with Gasteiger partial charge in [0.25, 0.3) is 0 Å². The molecular formula is C19H16F6O2. The Labute approximate surface area is 151 Å². The fourth-order valence-corrected chi connectivity index (χ4v) is 3.47. The van der Waals surface area contributed by atoms with Gasteiger partial charge in [-0.05, 0) is 48.6 Å². The molecule has 0 bridgehead atoms. The van der Waals surface area contributed by atoms with Crippen molar-refractivity contribution in [2.45, 2.75) is 44.1 Å². The highest BCUT2D eigenvalue weighted by Crippen LogP contribution is 2.44. The molecule has 1 aliphatic carbocycles. The van der Waals surface area contributed by atoms with Gasteiger partial charge in [-0.2, -0.15) is 26.3 Å². The van der Waals surface area contributed by atoms with Crippen LogP contribution in [0.25, 0.3) is 10.8 Å². The molecule has 0 atom stereocenters. The van der Waals surface area contributed by atoms with Crippen molar-refractivity contribution in [2.75, 3.05) is 0 Å².